The number of halogens is 1. The summed E-state index contributed by atoms with van der Waals surface area (Å²) in [6, 6.07) is 11.1. The molecule has 0 fully saturated rings. The second-order valence-corrected chi connectivity index (χ2v) is 19.0. The van der Waals surface area contributed by atoms with Gasteiger partial charge in [-0.25, -0.2) is 8.42 Å². The Bertz CT molecular complexity index is 1540. The summed E-state index contributed by atoms with van der Waals surface area (Å²) in [7, 11) is -3.72. The lowest BCUT2D eigenvalue weighted by atomic mass is 9.98. The molecule has 3 N–H and O–H groups in total. The normalized spacial score (nSPS) is 16.7. The van der Waals surface area contributed by atoms with Gasteiger partial charge in [0.1, 0.15) is 20.9 Å². The third-order valence-electron chi connectivity index (χ3n) is 7.42. The van der Waals surface area contributed by atoms with Gasteiger partial charge in [-0.15, -0.1) is 11.6 Å². The second kappa shape index (κ2) is 14.7. The first-order valence-electron chi connectivity index (χ1n) is 14.0. The molecule has 0 aliphatic carbocycles. The van der Waals surface area contributed by atoms with Crippen LogP contribution in [-0.2, 0) is 35.0 Å². The van der Waals surface area contributed by atoms with E-state index in [1.807, 2.05) is 32.0 Å². The van der Waals surface area contributed by atoms with Crippen LogP contribution in [0, 0.1) is 5.92 Å². The van der Waals surface area contributed by atoms with Gasteiger partial charge in [0, 0.05) is 19.2 Å². The number of rotatable bonds is 15. The molecule has 44 heavy (non-hydrogen) atoms. The molecule has 0 saturated heterocycles. The lowest BCUT2D eigenvalue weighted by Gasteiger charge is -2.37. The zero-order valence-electron chi connectivity index (χ0n) is 25.4. The monoisotopic (exact) mass is 685 g/mol. The largest absolute Gasteiger partial charge is 0.454 e. The summed E-state index contributed by atoms with van der Waals surface area (Å²) in [5, 5.41) is 17.0. The van der Waals surface area contributed by atoms with E-state index in [4.69, 9.17) is 21.1 Å². The number of amides is 2. The third-order valence-corrected chi connectivity index (χ3v) is 13.3. The molecule has 1 aliphatic heterocycles. The molecule has 2 aromatic rings. The van der Waals surface area contributed by atoms with Gasteiger partial charge in [0.2, 0.25) is 28.6 Å². The number of carbonyl (C=O) groups is 2. The van der Waals surface area contributed by atoms with Crippen molar-refractivity contribution in [2.24, 2.45) is 5.92 Å². The highest BCUT2D eigenvalue weighted by Crippen LogP contribution is 2.35. The van der Waals surface area contributed by atoms with Gasteiger partial charge in [-0.1, -0.05) is 44.2 Å². The van der Waals surface area contributed by atoms with Crippen LogP contribution in [0.5, 0.6) is 11.5 Å². The second-order valence-electron chi connectivity index (χ2n) is 11.7. The summed E-state index contributed by atoms with van der Waals surface area (Å²) in [4.78, 5) is 26.1. The summed E-state index contributed by atoms with van der Waals surface area (Å²) in [6.07, 6.45) is 0.167. The van der Waals surface area contributed by atoms with Crippen molar-refractivity contribution in [2.45, 2.75) is 61.9 Å². The van der Waals surface area contributed by atoms with Gasteiger partial charge in [0.05, 0.1) is 21.8 Å². The first kappa shape index (κ1) is 36.0. The fourth-order valence-corrected chi connectivity index (χ4v) is 7.28. The van der Waals surface area contributed by atoms with Gasteiger partial charge in [-0.05, 0) is 59.1 Å². The van der Waals surface area contributed by atoms with E-state index in [0.717, 1.165) is 5.56 Å². The van der Waals surface area contributed by atoms with Gasteiger partial charge in [0.25, 0.3) is 0 Å². The minimum atomic E-state index is -4.12. The molecule has 0 spiro atoms. The number of aliphatic hydroxyl groups excluding tert-OH is 1. The van der Waals surface area contributed by atoms with Gasteiger partial charge < -0.3 is 25.2 Å². The molecule has 0 aromatic heterocycles. The van der Waals surface area contributed by atoms with Gasteiger partial charge in [0.15, 0.2) is 11.5 Å². The van der Waals surface area contributed by atoms with E-state index in [2.05, 4.69) is 19.6 Å². The molecule has 2 radical (unpaired) electrons. The van der Waals surface area contributed by atoms with Crippen molar-refractivity contribution in [1.82, 2.24) is 14.9 Å². The topological polar surface area (TPSA) is 151 Å². The average Bonchev–Trinajstić information content (AvgIpc) is 3.42. The fourth-order valence-electron chi connectivity index (χ4n) is 4.60. The summed E-state index contributed by atoms with van der Waals surface area (Å²) < 4.78 is 51.4. The van der Waals surface area contributed by atoms with Gasteiger partial charge in [-0.3, -0.25) is 13.8 Å². The molecule has 1 aliphatic rings. The van der Waals surface area contributed by atoms with Crippen LogP contribution in [0.25, 0.3) is 0 Å². The summed E-state index contributed by atoms with van der Waals surface area (Å²) >= 11 is 5.71. The SMILES string of the molecule is CC(C)CN(C[C@@H](O)[C@H](Cc1ccccc1)NC(=O)[C@@H](NC(=O)CCl)C(C)(C)S(C)(=O)=[Si])S(=O)(=O)c1ccc2c(c1)OCO2. The number of fused-ring (bicyclic) bond motifs is 1. The van der Waals surface area contributed by atoms with E-state index in [1.165, 1.54) is 28.8 Å². The van der Waals surface area contributed by atoms with Gasteiger partial charge >= 0.3 is 0 Å². The number of ether oxygens (including phenoxy) is 2. The Balaban J connectivity index is 1.97. The number of hydrogen-bond donors (Lipinski definition) is 3. The van der Waals surface area contributed by atoms with Crippen LogP contribution in [0.3, 0.4) is 0 Å². The molecule has 1 heterocycles. The molecular weight excluding hydrogens is 646 g/mol. The molecule has 4 atom stereocenters. The fraction of sp³-hybridized carbons (Fsp3) is 0.517. The summed E-state index contributed by atoms with van der Waals surface area (Å²) in [6.45, 7) is 6.55. The Morgan fingerprint density at radius 1 is 1.05 bits per heavy atom. The number of alkyl halides is 1. The van der Waals surface area contributed by atoms with Crippen LogP contribution in [0.1, 0.15) is 33.3 Å². The Morgan fingerprint density at radius 3 is 2.27 bits per heavy atom. The molecule has 1 unspecified atom stereocenters. The van der Waals surface area contributed by atoms with Crippen LogP contribution in [0.2, 0.25) is 0 Å². The van der Waals surface area contributed by atoms with Crippen LogP contribution >= 0.6 is 11.6 Å². The molecular formula is C29H40ClN3O8S2Si. The van der Waals surface area contributed by atoms with E-state index < -0.39 is 59.6 Å². The van der Waals surface area contributed by atoms with Gasteiger partial charge in [-0.2, -0.15) is 4.31 Å². The molecule has 0 bridgehead atoms. The highest BCUT2D eigenvalue weighted by Gasteiger charge is 2.42. The number of nitrogens with zero attached hydrogens (tertiary/aromatic N) is 1. The first-order valence-corrected chi connectivity index (χ1v) is 19.1. The maximum atomic E-state index is 13.8. The molecule has 3 rings (SSSR count). The number of aliphatic hydroxyl groups is 1. The van der Waals surface area contributed by atoms with Crippen molar-refractivity contribution in [2.75, 3.05) is 32.0 Å². The van der Waals surface area contributed by atoms with Crippen molar-refractivity contribution < 1.29 is 36.8 Å². The van der Waals surface area contributed by atoms with Crippen molar-refractivity contribution in [3.05, 3.63) is 54.1 Å². The molecule has 2 aromatic carbocycles. The number of sulfonamides is 1. The van der Waals surface area contributed by atoms with Crippen molar-refractivity contribution >= 4 is 51.3 Å². The maximum Gasteiger partial charge on any atom is 0.244 e. The maximum absolute atomic E-state index is 13.8. The zero-order chi connectivity index (χ0) is 32.9. The minimum absolute atomic E-state index is 0.0147. The Labute approximate surface area is 267 Å². The van der Waals surface area contributed by atoms with E-state index >= 15 is 0 Å². The molecule has 2 amide bonds. The third kappa shape index (κ3) is 8.82. The Kier molecular flexibility index (Phi) is 12.0. The van der Waals surface area contributed by atoms with Crippen molar-refractivity contribution in [3.63, 3.8) is 0 Å². The molecule has 15 heteroatoms. The number of nitrogens with one attached hydrogen (secondary N) is 2. The number of carbonyl (C=O) groups excluding carboxylic acids is 2. The van der Waals surface area contributed by atoms with Crippen LogP contribution in [0.4, 0.5) is 0 Å². The highest BCUT2D eigenvalue weighted by atomic mass is 35.5. The van der Waals surface area contributed by atoms with Crippen LogP contribution < -0.4 is 20.1 Å². The lowest BCUT2D eigenvalue weighted by molar-refractivity contribution is -0.129. The summed E-state index contributed by atoms with van der Waals surface area (Å²) in [5.74, 6) is -1.14. The highest BCUT2D eigenvalue weighted by molar-refractivity contribution is 8.05. The summed E-state index contributed by atoms with van der Waals surface area (Å²) in [5.41, 5.74) is 0.769. The standard InChI is InChI=1S/C29H40ClN3O8S2Si/c1-19(2)16-33(43(38,39)21-11-12-24-25(14-21)41-18-40-24)17-23(34)22(13-20-9-7-6-8-10-20)31-28(36)27(32-26(35)15-30)29(3,4)42(5,37)44/h6-12,14,19,22-23,27,34H,13,15-18H2,1-5H3,(H,31,36)(H,32,35)/t22-,23+,27+,42?/m0/s1. The van der Waals surface area contributed by atoms with E-state index in [0.29, 0.717) is 11.5 Å². The van der Waals surface area contributed by atoms with Crippen molar-refractivity contribution in [3.8, 4) is 11.5 Å². The van der Waals surface area contributed by atoms with E-state index in [-0.39, 0.29) is 37.1 Å². The number of benzene rings is 2. The Morgan fingerprint density at radius 2 is 1.68 bits per heavy atom. The number of hydrogen-bond acceptors (Lipinski definition) is 8. The zero-order valence-corrected chi connectivity index (χ0v) is 28.8. The molecule has 11 nitrogen and oxygen atoms in total. The minimum Gasteiger partial charge on any atom is -0.454 e. The molecule has 242 valence electrons. The smallest absolute Gasteiger partial charge is 0.244 e. The predicted molar refractivity (Wildman–Crippen MR) is 171 cm³/mol. The molecule has 0 saturated carbocycles. The van der Waals surface area contributed by atoms with Crippen LogP contribution in [0.15, 0.2) is 53.4 Å². The van der Waals surface area contributed by atoms with Crippen molar-refractivity contribution in [1.29, 1.82) is 0 Å². The lowest BCUT2D eigenvalue weighted by Crippen LogP contribution is -2.63. The quantitative estimate of drug-likeness (QED) is 0.189. The van der Waals surface area contributed by atoms with E-state index in [9.17, 15) is 27.3 Å². The van der Waals surface area contributed by atoms with E-state index in [1.54, 1.807) is 26.0 Å². The van der Waals surface area contributed by atoms with Crippen LogP contribution in [-0.4, -0.2) is 97.8 Å². The Hall–Kier alpha value is -2.49. The predicted octanol–water partition coefficient (Wildman–Crippen LogP) is 1.65. The average molecular weight is 686 g/mol. The first-order chi connectivity index (χ1) is 20.5.